The Bertz CT molecular complexity index is 147. The molecule has 0 bridgehead atoms. The van der Waals surface area contributed by atoms with Crippen LogP contribution in [0, 0.1) is 5.41 Å². The van der Waals surface area contributed by atoms with Crippen LogP contribution in [0.3, 0.4) is 0 Å². The van der Waals surface area contributed by atoms with E-state index < -0.39 is 11.7 Å². The van der Waals surface area contributed by atoms with Crippen molar-refractivity contribution in [3.05, 3.63) is 11.8 Å². The van der Waals surface area contributed by atoms with Crippen LogP contribution in [0.5, 0.6) is 0 Å². The van der Waals surface area contributed by atoms with Gasteiger partial charge in [-0.05, 0) is 6.92 Å². The number of rotatable bonds is 2. The molecule has 0 aliphatic carbocycles. The highest BCUT2D eigenvalue weighted by Crippen LogP contribution is 2.23. The first kappa shape index (κ1) is 9.00. The van der Waals surface area contributed by atoms with Crippen LogP contribution in [0.2, 0.25) is 0 Å². The molecule has 58 valence electrons. The minimum Gasteiger partial charge on any atom is -0.353 e. The summed E-state index contributed by atoms with van der Waals surface area (Å²) in [4.78, 5) is 0. The van der Waals surface area contributed by atoms with Gasteiger partial charge in [-0.2, -0.15) is 13.2 Å². The van der Waals surface area contributed by atoms with E-state index in [9.17, 15) is 13.2 Å². The Labute approximate surface area is 56.2 Å². The molecule has 0 fully saturated rings. The molecule has 5 heteroatoms. The van der Waals surface area contributed by atoms with Gasteiger partial charge in [0.1, 0.15) is 0 Å². The highest BCUT2D eigenvalue weighted by Gasteiger charge is 2.29. The van der Waals surface area contributed by atoms with Crippen molar-refractivity contribution in [1.29, 1.82) is 5.41 Å². The monoisotopic (exact) mass is 152 g/mol. The average molecular weight is 152 g/mol. The number of hydrogen-bond acceptors (Lipinski definition) is 1. The standard InChI is InChI=1S/C5H7F3N2/c1-4(2-10-3-9)5(6,7)8/h2-3H,1H3,(H2,9,10)/b4-2+. The second-order valence-corrected chi connectivity index (χ2v) is 1.64. The van der Waals surface area contributed by atoms with Gasteiger partial charge in [0, 0.05) is 11.8 Å². The van der Waals surface area contributed by atoms with Crippen LogP contribution < -0.4 is 5.32 Å². The van der Waals surface area contributed by atoms with Crippen LogP contribution in [-0.4, -0.2) is 12.5 Å². The van der Waals surface area contributed by atoms with Gasteiger partial charge >= 0.3 is 6.18 Å². The van der Waals surface area contributed by atoms with Gasteiger partial charge in [0.25, 0.3) is 0 Å². The van der Waals surface area contributed by atoms with Gasteiger partial charge in [0.05, 0.1) is 6.34 Å². The highest BCUT2D eigenvalue weighted by atomic mass is 19.4. The Morgan fingerprint density at radius 3 is 2.30 bits per heavy atom. The third-order valence-corrected chi connectivity index (χ3v) is 0.830. The van der Waals surface area contributed by atoms with E-state index in [0.29, 0.717) is 6.34 Å². The van der Waals surface area contributed by atoms with Crippen LogP contribution in [0.1, 0.15) is 6.92 Å². The lowest BCUT2D eigenvalue weighted by Crippen LogP contribution is -2.12. The van der Waals surface area contributed by atoms with Gasteiger partial charge < -0.3 is 5.32 Å². The molecular weight excluding hydrogens is 145 g/mol. The largest absolute Gasteiger partial charge is 0.413 e. The van der Waals surface area contributed by atoms with Crippen molar-refractivity contribution in [2.75, 3.05) is 0 Å². The number of nitrogens with one attached hydrogen (secondary N) is 2. The molecule has 0 radical (unpaired) electrons. The first-order chi connectivity index (χ1) is 4.48. The summed E-state index contributed by atoms with van der Waals surface area (Å²) in [5.74, 6) is 0. The Morgan fingerprint density at radius 1 is 1.50 bits per heavy atom. The Hall–Kier alpha value is -1.00. The fourth-order valence-corrected chi connectivity index (χ4v) is 0.248. The van der Waals surface area contributed by atoms with E-state index in [-0.39, 0.29) is 0 Å². The van der Waals surface area contributed by atoms with Gasteiger partial charge in [-0.25, -0.2) is 0 Å². The predicted molar refractivity (Wildman–Crippen MR) is 31.7 cm³/mol. The van der Waals surface area contributed by atoms with E-state index in [1.54, 1.807) is 0 Å². The van der Waals surface area contributed by atoms with Crippen molar-refractivity contribution in [3.8, 4) is 0 Å². The van der Waals surface area contributed by atoms with Gasteiger partial charge in [-0.15, -0.1) is 0 Å². The van der Waals surface area contributed by atoms with Gasteiger partial charge in [-0.3, -0.25) is 5.41 Å². The molecule has 0 heterocycles. The summed E-state index contributed by atoms with van der Waals surface area (Å²) >= 11 is 0. The van der Waals surface area contributed by atoms with Crippen LogP contribution in [0.25, 0.3) is 0 Å². The molecule has 0 saturated heterocycles. The summed E-state index contributed by atoms with van der Waals surface area (Å²) in [6.45, 7) is 0.927. The maximum Gasteiger partial charge on any atom is 0.413 e. The third-order valence-electron chi connectivity index (χ3n) is 0.830. The molecule has 0 aromatic rings. The predicted octanol–water partition coefficient (Wildman–Crippen LogP) is 1.65. The van der Waals surface area contributed by atoms with E-state index >= 15 is 0 Å². The Kier molecular flexibility index (Phi) is 2.92. The number of alkyl halides is 3. The molecule has 2 N–H and O–H groups in total. The second-order valence-electron chi connectivity index (χ2n) is 1.64. The molecule has 10 heavy (non-hydrogen) atoms. The molecule has 0 rings (SSSR count). The molecule has 0 aromatic carbocycles. The van der Waals surface area contributed by atoms with Gasteiger partial charge in [0.2, 0.25) is 0 Å². The summed E-state index contributed by atoms with van der Waals surface area (Å²) in [6.07, 6.45) is -2.89. The van der Waals surface area contributed by atoms with Crippen LogP contribution >= 0.6 is 0 Å². The summed E-state index contributed by atoms with van der Waals surface area (Å²) < 4.78 is 34.8. The summed E-state index contributed by atoms with van der Waals surface area (Å²) in [5, 5.41) is 8.37. The molecule has 2 nitrogen and oxygen atoms in total. The number of halogens is 3. The van der Waals surface area contributed by atoms with Crippen molar-refractivity contribution in [2.45, 2.75) is 13.1 Å². The fraction of sp³-hybridized carbons (Fsp3) is 0.400. The zero-order valence-electron chi connectivity index (χ0n) is 5.29. The van der Waals surface area contributed by atoms with Gasteiger partial charge in [-0.1, -0.05) is 0 Å². The van der Waals surface area contributed by atoms with Crippen LogP contribution in [0.15, 0.2) is 11.8 Å². The molecule has 0 spiro atoms. The molecule has 0 aliphatic heterocycles. The fourth-order valence-electron chi connectivity index (χ4n) is 0.248. The lowest BCUT2D eigenvalue weighted by Gasteiger charge is -2.04. The number of allylic oxidation sites excluding steroid dienone is 1. The SMILES string of the molecule is C/C(=C\NC=N)C(F)(F)F. The number of hydrogen-bond donors (Lipinski definition) is 2. The molecule has 0 saturated carbocycles. The molecule has 0 aliphatic rings. The Balaban J connectivity index is 4.05. The molecular formula is C5H7F3N2. The molecule has 0 atom stereocenters. The molecule has 0 amide bonds. The summed E-state index contributed by atoms with van der Waals surface area (Å²) in [5.41, 5.74) is -0.754. The smallest absolute Gasteiger partial charge is 0.353 e. The molecule has 0 unspecified atom stereocenters. The van der Waals surface area contributed by atoms with E-state index in [1.165, 1.54) is 0 Å². The topological polar surface area (TPSA) is 35.9 Å². The van der Waals surface area contributed by atoms with Gasteiger partial charge in [0.15, 0.2) is 0 Å². The first-order valence-corrected chi connectivity index (χ1v) is 2.47. The Morgan fingerprint density at radius 2 is 2.00 bits per heavy atom. The summed E-state index contributed by atoms with van der Waals surface area (Å²) in [7, 11) is 0. The van der Waals surface area contributed by atoms with Crippen LogP contribution in [0.4, 0.5) is 13.2 Å². The highest BCUT2D eigenvalue weighted by molar-refractivity contribution is 5.51. The first-order valence-electron chi connectivity index (χ1n) is 2.47. The maximum atomic E-state index is 11.6. The van der Waals surface area contributed by atoms with Crippen molar-refractivity contribution in [2.24, 2.45) is 0 Å². The molecule has 0 aromatic heterocycles. The average Bonchev–Trinajstić information content (AvgIpc) is 1.80. The van der Waals surface area contributed by atoms with Crippen molar-refractivity contribution >= 4 is 6.34 Å². The van der Waals surface area contributed by atoms with E-state index in [4.69, 9.17) is 5.41 Å². The minimum absolute atomic E-state index is 0.676. The second kappa shape index (κ2) is 3.24. The lowest BCUT2D eigenvalue weighted by molar-refractivity contribution is -0.0915. The zero-order valence-corrected chi connectivity index (χ0v) is 5.29. The zero-order chi connectivity index (χ0) is 8.20. The van der Waals surface area contributed by atoms with E-state index in [0.717, 1.165) is 13.1 Å². The summed E-state index contributed by atoms with van der Waals surface area (Å²) in [6, 6.07) is 0. The van der Waals surface area contributed by atoms with Crippen molar-refractivity contribution < 1.29 is 13.2 Å². The van der Waals surface area contributed by atoms with Crippen molar-refractivity contribution in [1.82, 2.24) is 5.32 Å². The quantitative estimate of drug-likeness (QED) is 0.458. The van der Waals surface area contributed by atoms with Crippen molar-refractivity contribution in [3.63, 3.8) is 0 Å². The third kappa shape index (κ3) is 3.11. The normalized spacial score (nSPS) is 13.0. The van der Waals surface area contributed by atoms with E-state index in [2.05, 4.69) is 0 Å². The van der Waals surface area contributed by atoms with Crippen LogP contribution in [-0.2, 0) is 0 Å². The lowest BCUT2D eigenvalue weighted by atomic mass is 10.3. The maximum absolute atomic E-state index is 11.6. The van der Waals surface area contributed by atoms with E-state index in [1.807, 2.05) is 5.32 Å². The minimum atomic E-state index is -4.30.